The molecular formula is C15H18ClNO7. The molecular weight excluding hydrogens is 342 g/mol. The number of carbonyl (C=O) groups excluding carboxylic acids is 1. The Balaban J connectivity index is 2.56. The molecule has 132 valence electrons. The van der Waals surface area contributed by atoms with Crippen LogP contribution in [-0.4, -0.2) is 37.5 Å². The van der Waals surface area contributed by atoms with Crippen molar-refractivity contribution in [3.63, 3.8) is 0 Å². The summed E-state index contributed by atoms with van der Waals surface area (Å²) in [6.45, 7) is 2.40. The summed E-state index contributed by atoms with van der Waals surface area (Å²) in [7, 11) is 1.17. The number of methoxy groups -OCH3 is 1. The van der Waals surface area contributed by atoms with E-state index in [9.17, 15) is 14.9 Å². The van der Waals surface area contributed by atoms with E-state index >= 15 is 0 Å². The zero-order chi connectivity index (χ0) is 17.7. The van der Waals surface area contributed by atoms with Gasteiger partial charge in [-0.2, -0.15) is 0 Å². The summed E-state index contributed by atoms with van der Waals surface area (Å²) in [5, 5.41) is 11.3. The summed E-state index contributed by atoms with van der Waals surface area (Å²) in [6.07, 6.45) is 1.62. The average molecular weight is 360 g/mol. The van der Waals surface area contributed by atoms with E-state index in [1.54, 1.807) is 6.92 Å². The molecule has 0 saturated carbocycles. The zero-order valence-corrected chi connectivity index (χ0v) is 14.1. The Morgan fingerprint density at radius 3 is 2.79 bits per heavy atom. The number of nitro groups is 1. The smallest absolute Gasteiger partial charge is 0.342 e. The summed E-state index contributed by atoms with van der Waals surface area (Å²) in [5.41, 5.74) is -0.677. The van der Waals surface area contributed by atoms with Gasteiger partial charge in [0, 0.05) is 12.5 Å². The van der Waals surface area contributed by atoms with Crippen molar-refractivity contribution in [3.8, 4) is 11.5 Å². The number of nitro benzene ring substituents is 1. The third-order valence-electron chi connectivity index (χ3n) is 3.43. The van der Waals surface area contributed by atoms with E-state index < -0.39 is 22.9 Å². The molecule has 1 atom stereocenters. The molecule has 2 rings (SSSR count). The third-order valence-corrected chi connectivity index (χ3v) is 3.80. The second-order valence-corrected chi connectivity index (χ2v) is 5.39. The van der Waals surface area contributed by atoms with Gasteiger partial charge in [0.25, 0.3) is 0 Å². The number of carbonyl (C=O) groups is 1. The minimum atomic E-state index is -0.790. The number of nitrogens with zero attached hydrogens (tertiary/aromatic N) is 1. The molecule has 24 heavy (non-hydrogen) atoms. The monoisotopic (exact) mass is 359 g/mol. The van der Waals surface area contributed by atoms with Crippen LogP contribution in [0.15, 0.2) is 6.07 Å². The normalized spacial score (nSPS) is 17.2. The molecule has 0 aliphatic carbocycles. The van der Waals surface area contributed by atoms with E-state index in [2.05, 4.69) is 0 Å². The SMILES string of the molecule is CCOc1cc(C(=O)OC)c(OC2CCCCO2)c([N+](=O)[O-])c1Cl. The summed E-state index contributed by atoms with van der Waals surface area (Å²) < 4.78 is 21.0. The number of hydrogen-bond acceptors (Lipinski definition) is 7. The van der Waals surface area contributed by atoms with Crippen LogP contribution in [0, 0.1) is 10.1 Å². The van der Waals surface area contributed by atoms with E-state index in [0.717, 1.165) is 12.8 Å². The Morgan fingerprint density at radius 1 is 1.50 bits per heavy atom. The van der Waals surface area contributed by atoms with Crippen LogP contribution in [0.2, 0.25) is 5.02 Å². The first-order chi connectivity index (χ1) is 11.5. The van der Waals surface area contributed by atoms with Gasteiger partial charge in [0.2, 0.25) is 5.75 Å². The quantitative estimate of drug-likeness (QED) is 0.436. The van der Waals surface area contributed by atoms with Crippen molar-refractivity contribution >= 4 is 23.3 Å². The molecule has 1 aliphatic heterocycles. The molecule has 1 saturated heterocycles. The maximum absolute atomic E-state index is 12.1. The van der Waals surface area contributed by atoms with Gasteiger partial charge in [-0.3, -0.25) is 10.1 Å². The first-order valence-corrected chi connectivity index (χ1v) is 7.87. The maximum Gasteiger partial charge on any atom is 0.342 e. The molecule has 1 aromatic carbocycles. The molecule has 8 nitrogen and oxygen atoms in total. The van der Waals surface area contributed by atoms with Crippen LogP contribution >= 0.6 is 11.6 Å². The third kappa shape index (κ3) is 3.88. The van der Waals surface area contributed by atoms with Gasteiger partial charge < -0.3 is 18.9 Å². The van der Waals surface area contributed by atoms with Crippen LogP contribution in [0.4, 0.5) is 5.69 Å². The molecule has 0 aromatic heterocycles. The van der Waals surface area contributed by atoms with Crippen LogP contribution < -0.4 is 9.47 Å². The Labute approximate surface area is 143 Å². The highest BCUT2D eigenvalue weighted by molar-refractivity contribution is 6.34. The fourth-order valence-corrected chi connectivity index (χ4v) is 2.61. The van der Waals surface area contributed by atoms with Gasteiger partial charge in [-0.25, -0.2) is 4.79 Å². The van der Waals surface area contributed by atoms with Crippen molar-refractivity contribution in [3.05, 3.63) is 26.8 Å². The van der Waals surface area contributed by atoms with E-state index in [1.165, 1.54) is 13.2 Å². The van der Waals surface area contributed by atoms with Gasteiger partial charge >= 0.3 is 11.7 Å². The highest BCUT2D eigenvalue weighted by Gasteiger charge is 2.33. The van der Waals surface area contributed by atoms with Crippen LogP contribution in [0.5, 0.6) is 11.5 Å². The molecule has 1 unspecified atom stereocenters. The van der Waals surface area contributed by atoms with E-state index in [1.807, 2.05) is 0 Å². The Bertz CT molecular complexity index is 629. The second kappa shape index (κ2) is 8.16. The van der Waals surface area contributed by atoms with E-state index in [-0.39, 0.29) is 28.7 Å². The summed E-state index contributed by atoms with van der Waals surface area (Å²) in [6, 6.07) is 1.28. The fourth-order valence-electron chi connectivity index (χ4n) is 2.34. The molecule has 0 N–H and O–H groups in total. The fraction of sp³-hybridized carbons (Fsp3) is 0.533. The number of ether oxygens (including phenoxy) is 4. The Kier molecular flexibility index (Phi) is 6.22. The van der Waals surface area contributed by atoms with Crippen molar-refractivity contribution in [2.45, 2.75) is 32.5 Å². The lowest BCUT2D eigenvalue weighted by Crippen LogP contribution is -2.26. The lowest BCUT2D eigenvalue weighted by Gasteiger charge is -2.24. The first kappa shape index (κ1) is 18.3. The van der Waals surface area contributed by atoms with E-state index in [4.69, 9.17) is 30.5 Å². The van der Waals surface area contributed by atoms with Crippen molar-refractivity contribution in [1.29, 1.82) is 0 Å². The minimum Gasteiger partial charge on any atom is -0.492 e. The predicted octanol–water partition coefficient (Wildman–Crippen LogP) is 3.34. The summed E-state index contributed by atoms with van der Waals surface area (Å²) in [5.74, 6) is -1.04. The van der Waals surface area contributed by atoms with Gasteiger partial charge in [-0.1, -0.05) is 11.6 Å². The lowest BCUT2D eigenvalue weighted by atomic mass is 10.1. The highest BCUT2D eigenvalue weighted by atomic mass is 35.5. The molecule has 0 amide bonds. The number of benzene rings is 1. The molecule has 1 heterocycles. The van der Waals surface area contributed by atoms with Crippen molar-refractivity contribution in [2.24, 2.45) is 0 Å². The Morgan fingerprint density at radius 2 is 2.25 bits per heavy atom. The van der Waals surface area contributed by atoms with Crippen LogP contribution in [0.25, 0.3) is 0 Å². The summed E-state index contributed by atoms with van der Waals surface area (Å²) in [4.78, 5) is 22.8. The molecule has 0 bridgehead atoms. The molecule has 0 spiro atoms. The van der Waals surface area contributed by atoms with Gasteiger partial charge in [-0.05, 0) is 19.8 Å². The number of hydrogen-bond donors (Lipinski definition) is 0. The topological polar surface area (TPSA) is 97.1 Å². The second-order valence-electron chi connectivity index (χ2n) is 5.01. The molecule has 9 heteroatoms. The van der Waals surface area contributed by atoms with Gasteiger partial charge in [0.05, 0.1) is 25.2 Å². The standard InChI is InChI=1S/C15H18ClNO7/c1-3-22-10-8-9(15(18)21-2)14(13(12(10)16)17(19)20)24-11-6-4-5-7-23-11/h8,11H,3-7H2,1-2H3. The van der Waals surface area contributed by atoms with Gasteiger partial charge in [0.15, 0.2) is 11.3 Å². The molecule has 1 fully saturated rings. The van der Waals surface area contributed by atoms with Crippen LogP contribution in [-0.2, 0) is 9.47 Å². The number of rotatable bonds is 6. The zero-order valence-electron chi connectivity index (χ0n) is 13.4. The van der Waals surface area contributed by atoms with Crippen LogP contribution in [0.1, 0.15) is 36.5 Å². The molecule has 0 radical (unpaired) electrons. The largest absolute Gasteiger partial charge is 0.492 e. The van der Waals surface area contributed by atoms with Gasteiger partial charge in [0.1, 0.15) is 11.3 Å². The first-order valence-electron chi connectivity index (χ1n) is 7.49. The molecule has 1 aliphatic rings. The van der Waals surface area contributed by atoms with Crippen molar-refractivity contribution in [2.75, 3.05) is 20.3 Å². The van der Waals surface area contributed by atoms with Crippen LogP contribution in [0.3, 0.4) is 0 Å². The van der Waals surface area contributed by atoms with Crippen molar-refractivity contribution in [1.82, 2.24) is 0 Å². The predicted molar refractivity (Wildman–Crippen MR) is 84.8 cm³/mol. The Hall–Kier alpha value is -2.06. The number of halogens is 1. The summed E-state index contributed by atoms with van der Waals surface area (Å²) >= 11 is 6.09. The average Bonchev–Trinajstić information content (AvgIpc) is 2.57. The lowest BCUT2D eigenvalue weighted by molar-refractivity contribution is -0.386. The van der Waals surface area contributed by atoms with Crippen molar-refractivity contribution < 1.29 is 28.7 Å². The minimum absolute atomic E-state index is 0.0168. The number of esters is 1. The maximum atomic E-state index is 12.1. The van der Waals surface area contributed by atoms with E-state index in [0.29, 0.717) is 13.0 Å². The molecule has 1 aromatic rings. The highest BCUT2D eigenvalue weighted by Crippen LogP contribution is 2.45. The van der Waals surface area contributed by atoms with Gasteiger partial charge in [-0.15, -0.1) is 0 Å².